The van der Waals surface area contributed by atoms with E-state index in [1.54, 1.807) is 36.8 Å². The van der Waals surface area contributed by atoms with Crippen molar-refractivity contribution in [2.45, 2.75) is 26.7 Å². The van der Waals surface area contributed by atoms with Gasteiger partial charge in [-0.1, -0.05) is 53.4 Å². The summed E-state index contributed by atoms with van der Waals surface area (Å²) < 4.78 is 6.44. The van der Waals surface area contributed by atoms with Crippen molar-refractivity contribution in [3.8, 4) is 11.1 Å². The Bertz CT molecular complexity index is 925. The first kappa shape index (κ1) is 25.6. The minimum absolute atomic E-state index is 0. The maximum atomic E-state index is 4.93. The summed E-state index contributed by atoms with van der Waals surface area (Å²) in [5.74, 6) is 0. The Morgan fingerprint density at radius 1 is 1.00 bits per heavy atom. The molecule has 4 heteroatoms. The van der Waals surface area contributed by atoms with E-state index < -0.39 is 0 Å². The van der Waals surface area contributed by atoms with Crippen molar-refractivity contribution in [1.29, 1.82) is 0 Å². The van der Waals surface area contributed by atoms with Crippen molar-refractivity contribution in [3.63, 3.8) is 0 Å². The third-order valence-electron chi connectivity index (χ3n) is 4.14. The Balaban J connectivity index is 0.000000237. The minimum Gasteiger partial charge on any atom is -0.486 e. The molecule has 0 amide bonds. The zero-order valence-electron chi connectivity index (χ0n) is 16.6. The molecule has 148 valence electrons. The van der Waals surface area contributed by atoms with Crippen molar-refractivity contribution < 1.29 is 28.7 Å². The van der Waals surface area contributed by atoms with Gasteiger partial charge < -0.3 is 4.42 Å². The molecule has 0 unspecified atom stereocenters. The van der Waals surface area contributed by atoms with Gasteiger partial charge in [-0.05, 0) is 6.42 Å². The van der Waals surface area contributed by atoms with Gasteiger partial charge in [0.25, 0.3) is 0 Å². The summed E-state index contributed by atoms with van der Waals surface area (Å²) >= 11 is 1.55. The van der Waals surface area contributed by atoms with E-state index in [1.165, 1.54) is 25.5 Å². The molecule has 2 aromatic carbocycles. The third-order valence-corrected chi connectivity index (χ3v) is 4.14. The van der Waals surface area contributed by atoms with Gasteiger partial charge in [0.05, 0.1) is 6.26 Å². The molecule has 5 rings (SSSR count). The Hall–Kier alpha value is -1.47. The Labute approximate surface area is 201 Å². The van der Waals surface area contributed by atoms with E-state index in [0.717, 1.165) is 24.0 Å². The van der Waals surface area contributed by atoms with Crippen LogP contribution in [0.15, 0.2) is 77.6 Å². The molecule has 0 saturated carbocycles. The molecule has 0 fully saturated rings. The van der Waals surface area contributed by atoms with Crippen LogP contribution in [0.2, 0.25) is 0 Å². The molecule has 0 radical (unpaired) electrons. The van der Waals surface area contributed by atoms with E-state index in [9.17, 15) is 0 Å². The second kappa shape index (κ2) is 13.0. The molecule has 29 heavy (non-hydrogen) atoms. The topological polar surface area (TPSA) is 13.1 Å². The number of fused-ring (bicyclic) bond motifs is 3. The second-order valence-electron chi connectivity index (χ2n) is 6.61. The number of halogens is 2. The van der Waals surface area contributed by atoms with Crippen LogP contribution in [0.4, 0.5) is 0 Å². The van der Waals surface area contributed by atoms with E-state index >= 15 is 0 Å². The van der Waals surface area contributed by atoms with Gasteiger partial charge in [-0.15, -0.1) is 36.5 Å². The van der Waals surface area contributed by atoms with Gasteiger partial charge >= 0.3 is 41.3 Å². The molecule has 1 heterocycles. The average Bonchev–Trinajstić information content (AvgIpc) is 3.41. The minimum atomic E-state index is 0. The van der Waals surface area contributed by atoms with Gasteiger partial charge in [0.15, 0.2) is 0 Å². The second-order valence-corrected chi connectivity index (χ2v) is 9.06. The van der Waals surface area contributed by atoms with Crippen LogP contribution in [0.25, 0.3) is 16.7 Å². The van der Waals surface area contributed by atoms with Crippen molar-refractivity contribution in [1.82, 2.24) is 0 Å². The first-order valence-electron chi connectivity index (χ1n) is 9.04. The van der Waals surface area contributed by atoms with Crippen LogP contribution in [0.5, 0.6) is 0 Å². The number of hydrogen-bond acceptors (Lipinski definition) is 1. The molecule has 3 aromatic rings. The molecule has 0 N–H and O–H groups in total. The van der Waals surface area contributed by atoms with Crippen molar-refractivity contribution in [2.24, 2.45) is 0 Å². The Morgan fingerprint density at radius 2 is 1.72 bits per heavy atom. The van der Waals surface area contributed by atoms with Gasteiger partial charge in [0.1, 0.15) is 0 Å². The first-order valence-corrected chi connectivity index (χ1v) is 10.3. The van der Waals surface area contributed by atoms with Gasteiger partial charge in [0, 0.05) is 6.26 Å². The molecule has 0 saturated heterocycles. The molecule has 2 aliphatic carbocycles. The van der Waals surface area contributed by atoms with Gasteiger partial charge in [-0.2, -0.15) is 47.6 Å². The first-order chi connectivity index (χ1) is 13.1. The van der Waals surface area contributed by atoms with Crippen LogP contribution < -0.4 is 0 Å². The quantitative estimate of drug-likeness (QED) is 0.254. The predicted molar refractivity (Wildman–Crippen MR) is 123 cm³/mol. The molecule has 0 atom stereocenters. The number of benzene rings is 2. The molecule has 1 nitrogen and oxygen atoms in total. The van der Waals surface area contributed by atoms with Crippen LogP contribution in [-0.4, -0.2) is 3.21 Å². The van der Waals surface area contributed by atoms with E-state index in [-0.39, 0.29) is 24.8 Å². The summed E-state index contributed by atoms with van der Waals surface area (Å²) in [5, 5.41) is 0. The summed E-state index contributed by atoms with van der Waals surface area (Å²) in [4.78, 5) is 0. The summed E-state index contributed by atoms with van der Waals surface area (Å²) in [6.07, 6.45) is 12.7. The fourth-order valence-electron chi connectivity index (χ4n) is 3.02. The van der Waals surface area contributed by atoms with Crippen molar-refractivity contribution in [2.75, 3.05) is 0 Å². The van der Waals surface area contributed by atoms with Gasteiger partial charge in [-0.3, -0.25) is 0 Å². The van der Waals surface area contributed by atoms with E-state index in [1.807, 2.05) is 12.1 Å². The van der Waals surface area contributed by atoms with Crippen LogP contribution in [0, 0.1) is 12.1 Å². The normalized spacial score (nSPS) is 11.9. The fraction of sp³-hybridized carbons (Fsp3) is 0.160. The smallest absolute Gasteiger partial charge is 0.0771 e. The van der Waals surface area contributed by atoms with Gasteiger partial charge in [-0.25, -0.2) is 0 Å². The fourth-order valence-corrected chi connectivity index (χ4v) is 3.02. The van der Waals surface area contributed by atoms with Crippen LogP contribution in [0.1, 0.15) is 37.0 Å². The summed E-state index contributed by atoms with van der Waals surface area (Å²) in [6, 6.07) is 20.1. The third kappa shape index (κ3) is 7.38. The number of allylic oxidation sites excluding steroid dienone is 4. The average molecular weight is 503 g/mol. The largest absolute Gasteiger partial charge is 0.486 e. The van der Waals surface area contributed by atoms with Crippen LogP contribution >= 0.6 is 24.8 Å². The standard InChI is InChI=1S/C13H9.C9H7O.C3H6.2ClH.Zr/c1-3-7-12-10(5-1)9-11-6-2-4-8-13(11)12;1-2-4-8(3-1)9-5-6-10-7-9;1-3-2;;;/h1-5,7-8H,9H2;1,3,5-7H,2H2;1-2H3;2*1H;/q2*-1;;;;+2. The molecular weight excluding hydrogens is 478 g/mol. The molecule has 0 aliphatic heterocycles. The zero-order chi connectivity index (χ0) is 19.1. The van der Waals surface area contributed by atoms with Crippen molar-refractivity contribution >= 4 is 33.6 Å². The Kier molecular flexibility index (Phi) is 11.4. The zero-order valence-corrected chi connectivity index (χ0v) is 20.7. The molecule has 0 spiro atoms. The maximum absolute atomic E-state index is 4.93. The Morgan fingerprint density at radius 3 is 2.38 bits per heavy atom. The number of furan rings is 1. The molecular formula is C25H24Cl2OZr. The number of rotatable bonds is 1. The van der Waals surface area contributed by atoms with E-state index in [2.05, 4.69) is 74.5 Å². The van der Waals surface area contributed by atoms with E-state index in [4.69, 9.17) is 4.42 Å². The SMILES string of the molecule is C[C](C)=[Zr+2].Cl.Cl.[C-]1=C(c2ccoc2)C=CC1.[c-]1cccc2c1Cc1ccccc1-2. The monoisotopic (exact) mass is 500 g/mol. The van der Waals surface area contributed by atoms with Gasteiger partial charge in [0.2, 0.25) is 0 Å². The summed E-state index contributed by atoms with van der Waals surface area (Å²) in [5.41, 5.74) is 7.78. The summed E-state index contributed by atoms with van der Waals surface area (Å²) in [6.45, 7) is 4.25. The predicted octanol–water partition coefficient (Wildman–Crippen LogP) is 7.07. The molecule has 2 aliphatic rings. The summed E-state index contributed by atoms with van der Waals surface area (Å²) in [7, 11) is 0. The molecule has 1 aromatic heterocycles. The maximum Gasteiger partial charge on any atom is 0.0771 e. The van der Waals surface area contributed by atoms with Crippen molar-refractivity contribution in [3.05, 3.63) is 102 Å². The molecule has 0 bridgehead atoms. The van der Waals surface area contributed by atoms with E-state index in [0.29, 0.717) is 0 Å². The van der Waals surface area contributed by atoms with Crippen LogP contribution in [-0.2, 0) is 30.7 Å². The number of hydrogen-bond donors (Lipinski definition) is 0. The van der Waals surface area contributed by atoms with Crippen LogP contribution in [0.3, 0.4) is 0 Å².